The molecule has 0 saturated carbocycles. The van der Waals surface area contributed by atoms with E-state index in [-0.39, 0.29) is 0 Å². The van der Waals surface area contributed by atoms with Gasteiger partial charge in [0.05, 0.1) is 4.58 Å². The van der Waals surface area contributed by atoms with E-state index >= 15 is 0 Å². The Morgan fingerprint density at radius 2 is 1.92 bits per heavy atom. The Balaban J connectivity index is 1.36. The maximum absolute atomic E-state index is 2.16. The van der Waals surface area contributed by atoms with Gasteiger partial charge in [-0.3, -0.25) is 0 Å². The molecule has 0 radical (unpaired) electrons. The van der Waals surface area contributed by atoms with Crippen LogP contribution in [0.5, 0.6) is 0 Å². The van der Waals surface area contributed by atoms with Crippen LogP contribution in [0.2, 0.25) is 0 Å². The average Bonchev–Trinajstić information content (AvgIpc) is 1.96. The number of hydrogen-bond acceptors (Lipinski definition) is 5. The van der Waals surface area contributed by atoms with E-state index in [1.165, 1.54) is 33.8 Å². The Hall–Kier alpha value is 1.75. The maximum atomic E-state index is 2.16. The molecule has 0 aromatic carbocycles. The van der Waals surface area contributed by atoms with Crippen LogP contribution in [0.3, 0.4) is 0 Å². The zero-order chi connectivity index (χ0) is 8.93. The molecule has 0 amide bonds. The summed E-state index contributed by atoms with van der Waals surface area (Å²) in [5.41, 5.74) is 0. The first kappa shape index (κ1) is 11.2. The third-order valence-corrected chi connectivity index (χ3v) is 9.42. The fraction of sp³-hybridized carbons (Fsp3) is 1.00. The van der Waals surface area contributed by atoms with Crippen LogP contribution in [0.15, 0.2) is 0 Å². The fourth-order valence-corrected chi connectivity index (χ4v) is 7.82. The van der Waals surface area contributed by atoms with E-state index in [1.54, 1.807) is 0 Å². The van der Waals surface area contributed by atoms with Crippen LogP contribution in [0.4, 0.5) is 0 Å². The quantitative estimate of drug-likeness (QED) is 0.532. The van der Waals surface area contributed by atoms with Gasteiger partial charge in [0, 0.05) is 26.9 Å². The molecule has 0 spiro atoms. The van der Waals surface area contributed by atoms with Crippen molar-refractivity contribution in [3.05, 3.63) is 0 Å². The van der Waals surface area contributed by atoms with E-state index in [9.17, 15) is 0 Å². The van der Waals surface area contributed by atoms with Crippen molar-refractivity contribution in [1.29, 1.82) is 0 Å². The second-order valence-corrected chi connectivity index (χ2v) is 9.90. The molecule has 0 nitrogen and oxygen atoms in total. The van der Waals surface area contributed by atoms with Gasteiger partial charge in [0.15, 0.2) is 0 Å². The number of hydrogen-bond donors (Lipinski definition) is 0. The minimum Gasteiger partial charge on any atom is -0.160 e. The smallest absolute Gasteiger partial charge is 0.0518 e. The highest BCUT2D eigenvalue weighted by atomic mass is 32.2. The molecule has 5 heteroatoms. The molecule has 2 saturated heterocycles. The number of rotatable bonds is 6. The van der Waals surface area contributed by atoms with Crippen molar-refractivity contribution in [2.24, 2.45) is 0 Å². The van der Waals surface area contributed by atoms with Gasteiger partial charge in [-0.1, -0.05) is 0 Å². The van der Waals surface area contributed by atoms with Crippen LogP contribution < -0.4 is 0 Å². The molecule has 2 heterocycles. The molecule has 76 valence electrons. The first-order valence-corrected chi connectivity index (χ1v) is 9.91. The van der Waals surface area contributed by atoms with Gasteiger partial charge in [0.2, 0.25) is 0 Å². The second kappa shape index (κ2) is 6.36. The van der Waals surface area contributed by atoms with Gasteiger partial charge in [-0.15, -0.1) is 47.0 Å². The molecular formula is C8H14S5. The van der Waals surface area contributed by atoms with Crippen molar-refractivity contribution in [1.82, 2.24) is 0 Å². The van der Waals surface area contributed by atoms with Crippen LogP contribution in [0, 0.1) is 0 Å². The Morgan fingerprint density at radius 1 is 1.15 bits per heavy atom. The summed E-state index contributed by atoms with van der Waals surface area (Å²) in [6.45, 7) is 0. The molecule has 1 atom stereocenters. The monoisotopic (exact) mass is 270 g/mol. The molecule has 0 N–H and O–H groups in total. The van der Waals surface area contributed by atoms with Crippen molar-refractivity contribution >= 4 is 58.8 Å². The summed E-state index contributed by atoms with van der Waals surface area (Å²) in [5, 5.41) is 3.61. The Kier molecular flexibility index (Phi) is 5.50. The summed E-state index contributed by atoms with van der Waals surface area (Å²) in [6.07, 6.45) is 1.45. The molecule has 1 unspecified atom stereocenters. The van der Waals surface area contributed by atoms with Gasteiger partial charge in [-0.05, 0) is 12.2 Å². The highest BCUT2D eigenvalue weighted by Crippen LogP contribution is 2.39. The second-order valence-electron chi connectivity index (χ2n) is 3.02. The summed E-state index contributed by atoms with van der Waals surface area (Å²) in [5.74, 6) is 4.20. The molecule has 0 aliphatic carbocycles. The fourth-order valence-electron chi connectivity index (χ4n) is 0.958. The predicted molar refractivity (Wildman–Crippen MR) is 74.5 cm³/mol. The van der Waals surface area contributed by atoms with E-state index in [1.807, 2.05) is 0 Å². The van der Waals surface area contributed by atoms with Crippen LogP contribution in [-0.2, 0) is 0 Å². The van der Waals surface area contributed by atoms with Gasteiger partial charge in [-0.25, -0.2) is 0 Å². The lowest BCUT2D eigenvalue weighted by atomic mass is 10.5. The summed E-state index contributed by atoms with van der Waals surface area (Å²) in [4.78, 5) is 0. The Morgan fingerprint density at radius 3 is 2.46 bits per heavy atom. The Labute approximate surface area is 102 Å². The van der Waals surface area contributed by atoms with E-state index in [2.05, 4.69) is 58.8 Å². The molecule has 0 aromatic heterocycles. The summed E-state index contributed by atoms with van der Waals surface area (Å²) >= 11 is 10.6. The van der Waals surface area contributed by atoms with Gasteiger partial charge in [-0.2, -0.15) is 11.8 Å². The third-order valence-electron chi connectivity index (χ3n) is 1.99. The normalized spacial score (nSPS) is 28.2. The topological polar surface area (TPSA) is 0 Å². The summed E-state index contributed by atoms with van der Waals surface area (Å²) in [7, 11) is 0. The lowest BCUT2D eigenvalue weighted by Crippen LogP contribution is -2.20. The molecule has 0 aromatic rings. The van der Waals surface area contributed by atoms with E-state index < -0.39 is 0 Å². The van der Waals surface area contributed by atoms with Gasteiger partial charge >= 0.3 is 0 Å². The number of thioether (sulfide) groups is 5. The van der Waals surface area contributed by atoms with Crippen LogP contribution >= 0.6 is 58.8 Å². The first-order valence-electron chi connectivity index (χ1n) is 4.45. The molecule has 2 aliphatic heterocycles. The minimum absolute atomic E-state index is 0.941. The third kappa shape index (κ3) is 4.01. The van der Waals surface area contributed by atoms with Crippen LogP contribution in [0.25, 0.3) is 0 Å². The zero-order valence-electron chi connectivity index (χ0n) is 7.44. The van der Waals surface area contributed by atoms with Crippen molar-refractivity contribution in [3.8, 4) is 0 Å². The highest BCUT2D eigenvalue weighted by Gasteiger charge is 2.19. The minimum atomic E-state index is 0.941. The molecule has 13 heavy (non-hydrogen) atoms. The SMILES string of the molecule is C(SCSC1CCS1)SC1CSC1. The van der Waals surface area contributed by atoms with Crippen molar-refractivity contribution < 1.29 is 0 Å². The Bertz CT molecular complexity index is 127. The largest absolute Gasteiger partial charge is 0.160 e. The predicted octanol–water partition coefficient (Wildman–Crippen LogP) is 3.68. The van der Waals surface area contributed by atoms with Crippen molar-refractivity contribution in [2.45, 2.75) is 16.3 Å². The van der Waals surface area contributed by atoms with E-state index in [0.29, 0.717) is 0 Å². The van der Waals surface area contributed by atoms with Gasteiger partial charge in [0.25, 0.3) is 0 Å². The molecular weight excluding hydrogens is 256 g/mol. The maximum Gasteiger partial charge on any atom is 0.0518 e. The van der Waals surface area contributed by atoms with Crippen molar-refractivity contribution in [2.75, 3.05) is 27.4 Å². The average molecular weight is 271 g/mol. The molecule has 2 fully saturated rings. The lowest BCUT2D eigenvalue weighted by molar-refractivity contribution is 1.01. The lowest BCUT2D eigenvalue weighted by Gasteiger charge is -2.25. The van der Waals surface area contributed by atoms with Crippen molar-refractivity contribution in [3.63, 3.8) is 0 Å². The van der Waals surface area contributed by atoms with Gasteiger partial charge in [0.1, 0.15) is 0 Å². The molecule has 0 bridgehead atoms. The molecule has 2 rings (SSSR count). The van der Waals surface area contributed by atoms with Gasteiger partial charge < -0.3 is 0 Å². The summed E-state index contributed by atoms with van der Waals surface area (Å²) < 4.78 is 0.941. The van der Waals surface area contributed by atoms with Crippen LogP contribution in [-0.4, -0.2) is 37.3 Å². The first-order chi connectivity index (χ1) is 6.45. The zero-order valence-corrected chi connectivity index (χ0v) is 11.5. The molecule has 2 aliphatic rings. The van der Waals surface area contributed by atoms with Crippen LogP contribution in [0.1, 0.15) is 6.42 Å². The van der Waals surface area contributed by atoms with E-state index in [0.717, 1.165) is 9.83 Å². The van der Waals surface area contributed by atoms with E-state index in [4.69, 9.17) is 0 Å². The highest BCUT2D eigenvalue weighted by molar-refractivity contribution is 8.27. The standard InChI is InChI=1S/C8H14S5/c1-2-11-8(1)13-6-10-5-12-7-3-9-4-7/h7-8H,1-6H2. The summed E-state index contributed by atoms with van der Waals surface area (Å²) in [6, 6.07) is 0.